The third-order valence-electron chi connectivity index (χ3n) is 6.29. The summed E-state index contributed by atoms with van der Waals surface area (Å²) in [5, 5.41) is 19.8. The summed E-state index contributed by atoms with van der Waals surface area (Å²) >= 11 is 9.68. The fourth-order valence-corrected chi connectivity index (χ4v) is 6.71. The lowest BCUT2D eigenvalue weighted by atomic mass is 9.95. The third kappa shape index (κ3) is 8.45. The van der Waals surface area contributed by atoms with Crippen LogP contribution >= 0.6 is 57.4 Å². The van der Waals surface area contributed by atoms with E-state index in [1.54, 1.807) is 38.1 Å². The van der Waals surface area contributed by atoms with Gasteiger partial charge in [0.15, 0.2) is 11.7 Å². The molecule has 0 unspecified atom stereocenters. The summed E-state index contributed by atoms with van der Waals surface area (Å²) in [6.07, 6.45) is 1.53. The molecule has 1 heterocycles. The van der Waals surface area contributed by atoms with Crippen molar-refractivity contribution in [3.8, 4) is 17.6 Å². The van der Waals surface area contributed by atoms with E-state index in [2.05, 4.69) is 72.4 Å². The number of para-hydroxylation sites is 1. The topological polar surface area (TPSA) is 134 Å². The minimum Gasteiger partial charge on any atom is -0.487 e. The summed E-state index contributed by atoms with van der Waals surface area (Å²) in [4.78, 5) is 25.3. The molecule has 0 saturated heterocycles. The third-order valence-corrected chi connectivity index (χ3v) is 8.11. The van der Waals surface area contributed by atoms with E-state index in [1.165, 1.54) is 6.21 Å². The Hall–Kier alpha value is -3.75. The van der Waals surface area contributed by atoms with Crippen LogP contribution in [0.3, 0.4) is 0 Å². The highest BCUT2D eigenvalue weighted by Gasteiger charge is 2.32. The number of hydrogen-bond acceptors (Lipinski definition) is 8. The SMILES string of the molecule is CCOC(=O)C1=C(C)NC(=S)N[C@H]1c1ccccc1OCC(=O)NN=Cc1cc(I)c(OCc2ccccc2C#N)c(I)c1. The standard InChI is InChI=1S/C31H27I2N5O5S/c1-3-41-30(40)27-18(2)36-31(44)37-28(27)22-10-6-7-11-25(22)42-17-26(39)38-35-15-19-12-23(32)29(24(33)13-19)43-16-21-9-5-4-8-20(21)14-34/h4-13,15,28H,3,16-17H2,1-2H3,(H,38,39)(H2,36,37,44)/t28-/m0/s1. The number of esters is 1. The maximum atomic E-state index is 12.7. The van der Waals surface area contributed by atoms with Gasteiger partial charge in [-0.05, 0) is 101 Å². The first kappa shape index (κ1) is 33.1. The number of hydrazone groups is 1. The molecule has 1 aliphatic heterocycles. The molecule has 1 amide bonds. The van der Waals surface area contributed by atoms with Crippen molar-refractivity contribution in [2.75, 3.05) is 13.2 Å². The fourth-order valence-electron chi connectivity index (χ4n) is 4.31. The zero-order chi connectivity index (χ0) is 31.6. The van der Waals surface area contributed by atoms with E-state index in [-0.39, 0.29) is 19.8 Å². The predicted molar refractivity (Wildman–Crippen MR) is 186 cm³/mol. The lowest BCUT2D eigenvalue weighted by molar-refractivity contribution is -0.139. The van der Waals surface area contributed by atoms with E-state index in [4.69, 9.17) is 26.4 Å². The zero-order valence-electron chi connectivity index (χ0n) is 23.6. The van der Waals surface area contributed by atoms with E-state index in [9.17, 15) is 14.9 Å². The largest absolute Gasteiger partial charge is 0.487 e. The van der Waals surface area contributed by atoms with E-state index >= 15 is 0 Å². The average Bonchev–Trinajstić information content (AvgIpc) is 2.99. The molecule has 3 aromatic carbocycles. The van der Waals surface area contributed by atoms with Gasteiger partial charge < -0.3 is 24.8 Å². The fraction of sp³-hybridized carbons (Fsp3) is 0.194. The molecule has 0 bridgehead atoms. The minimum absolute atomic E-state index is 0.222. The van der Waals surface area contributed by atoms with Crippen molar-refractivity contribution < 1.29 is 23.8 Å². The van der Waals surface area contributed by atoms with Gasteiger partial charge >= 0.3 is 5.97 Å². The number of allylic oxidation sites excluding steroid dienone is 1. The van der Waals surface area contributed by atoms with Crippen molar-refractivity contribution in [2.45, 2.75) is 26.5 Å². The molecule has 0 fully saturated rings. The molecule has 13 heteroatoms. The molecule has 4 rings (SSSR count). The van der Waals surface area contributed by atoms with E-state index in [1.807, 2.05) is 36.4 Å². The van der Waals surface area contributed by atoms with Crippen molar-refractivity contribution in [3.63, 3.8) is 0 Å². The smallest absolute Gasteiger partial charge is 0.338 e. The maximum Gasteiger partial charge on any atom is 0.338 e. The van der Waals surface area contributed by atoms with Crippen LogP contribution < -0.4 is 25.5 Å². The van der Waals surface area contributed by atoms with Gasteiger partial charge in [-0.1, -0.05) is 36.4 Å². The molecule has 10 nitrogen and oxygen atoms in total. The number of rotatable bonds is 11. The lowest BCUT2D eigenvalue weighted by Crippen LogP contribution is -2.45. The van der Waals surface area contributed by atoms with Crippen LogP contribution in [-0.2, 0) is 20.9 Å². The molecule has 1 aliphatic rings. The Kier molecular flexibility index (Phi) is 11.9. The van der Waals surface area contributed by atoms with Crippen LogP contribution in [0.2, 0.25) is 0 Å². The number of hydrogen-bond donors (Lipinski definition) is 3. The second kappa shape index (κ2) is 15.8. The summed E-state index contributed by atoms with van der Waals surface area (Å²) in [5.74, 6) is 0.156. The van der Waals surface area contributed by atoms with Gasteiger partial charge in [0.2, 0.25) is 0 Å². The molecule has 0 aromatic heterocycles. The highest BCUT2D eigenvalue weighted by Crippen LogP contribution is 2.34. The Balaban J connectivity index is 1.38. The Morgan fingerprint density at radius 3 is 2.55 bits per heavy atom. The van der Waals surface area contributed by atoms with Crippen molar-refractivity contribution in [1.82, 2.24) is 16.1 Å². The van der Waals surface area contributed by atoms with Crippen LogP contribution in [0.4, 0.5) is 0 Å². The number of nitriles is 1. The van der Waals surface area contributed by atoms with E-state index < -0.39 is 17.9 Å². The van der Waals surface area contributed by atoms with Crippen molar-refractivity contribution >= 4 is 80.6 Å². The first-order valence-corrected chi connectivity index (χ1v) is 15.9. The van der Waals surface area contributed by atoms with Crippen molar-refractivity contribution in [3.05, 3.63) is 101 Å². The number of amides is 1. The van der Waals surface area contributed by atoms with Gasteiger partial charge in [0.1, 0.15) is 18.1 Å². The van der Waals surface area contributed by atoms with Crippen LogP contribution in [0.1, 0.15) is 42.1 Å². The average molecular weight is 835 g/mol. The molecule has 3 aromatic rings. The molecule has 1 atom stereocenters. The molecule has 0 saturated carbocycles. The Labute approximate surface area is 287 Å². The van der Waals surface area contributed by atoms with Gasteiger partial charge in [-0.25, -0.2) is 10.2 Å². The zero-order valence-corrected chi connectivity index (χ0v) is 28.8. The molecule has 0 radical (unpaired) electrons. The summed E-state index contributed by atoms with van der Waals surface area (Å²) in [7, 11) is 0. The van der Waals surface area contributed by atoms with Gasteiger partial charge in [0.25, 0.3) is 5.91 Å². The molecule has 0 spiro atoms. The number of ether oxygens (including phenoxy) is 3. The predicted octanol–water partition coefficient (Wildman–Crippen LogP) is 5.23. The number of nitrogens with one attached hydrogen (secondary N) is 3. The van der Waals surface area contributed by atoms with Gasteiger partial charge in [-0.15, -0.1) is 0 Å². The first-order chi connectivity index (χ1) is 21.2. The van der Waals surface area contributed by atoms with Crippen LogP contribution in [-0.4, -0.2) is 36.4 Å². The number of carbonyl (C=O) groups is 2. The maximum absolute atomic E-state index is 12.7. The van der Waals surface area contributed by atoms with Gasteiger partial charge in [0, 0.05) is 16.8 Å². The number of nitrogens with zero attached hydrogens (tertiary/aromatic N) is 2. The molecular formula is C31H27I2N5O5S. The summed E-state index contributed by atoms with van der Waals surface area (Å²) < 4.78 is 18.8. The number of halogens is 2. The molecular weight excluding hydrogens is 808 g/mol. The highest BCUT2D eigenvalue weighted by atomic mass is 127. The highest BCUT2D eigenvalue weighted by molar-refractivity contribution is 14.1. The number of carbonyl (C=O) groups excluding carboxylic acids is 2. The van der Waals surface area contributed by atoms with E-state index in [0.717, 1.165) is 18.3 Å². The van der Waals surface area contributed by atoms with Crippen LogP contribution in [0.25, 0.3) is 0 Å². The second-order valence-corrected chi connectivity index (χ2v) is 12.0. The van der Waals surface area contributed by atoms with Gasteiger partial charge in [-0.3, -0.25) is 4.79 Å². The second-order valence-electron chi connectivity index (χ2n) is 9.28. The first-order valence-electron chi connectivity index (χ1n) is 13.3. The molecule has 44 heavy (non-hydrogen) atoms. The van der Waals surface area contributed by atoms with Gasteiger partial charge in [0.05, 0.1) is 43.2 Å². The summed E-state index contributed by atoms with van der Waals surface area (Å²) in [6, 6.07) is 19.7. The number of thiocarbonyl (C=S) groups is 1. The number of benzene rings is 3. The monoisotopic (exact) mass is 835 g/mol. The lowest BCUT2D eigenvalue weighted by Gasteiger charge is -2.30. The van der Waals surface area contributed by atoms with Crippen LogP contribution in [0.5, 0.6) is 11.5 Å². The molecule has 3 N–H and O–H groups in total. The summed E-state index contributed by atoms with van der Waals surface area (Å²) in [6.45, 7) is 3.66. The van der Waals surface area contributed by atoms with Crippen LogP contribution in [0, 0.1) is 18.5 Å². The van der Waals surface area contributed by atoms with Gasteiger partial charge in [-0.2, -0.15) is 10.4 Å². The molecule has 226 valence electrons. The van der Waals surface area contributed by atoms with E-state index in [0.29, 0.717) is 39.0 Å². The normalized spacial score (nSPS) is 14.3. The Bertz CT molecular complexity index is 1660. The quantitative estimate of drug-likeness (QED) is 0.0781. The van der Waals surface area contributed by atoms with Crippen molar-refractivity contribution in [1.29, 1.82) is 5.26 Å². The Morgan fingerprint density at radius 1 is 1.11 bits per heavy atom. The summed E-state index contributed by atoms with van der Waals surface area (Å²) in [5.41, 5.74) is 6.19. The molecule has 0 aliphatic carbocycles. The van der Waals surface area contributed by atoms with Crippen LogP contribution in [0.15, 0.2) is 77.0 Å². The Morgan fingerprint density at radius 2 is 1.82 bits per heavy atom. The van der Waals surface area contributed by atoms with Crippen molar-refractivity contribution in [2.24, 2.45) is 5.10 Å². The minimum atomic E-state index is -0.627.